The summed E-state index contributed by atoms with van der Waals surface area (Å²) < 4.78 is 2.22. The highest BCUT2D eigenvalue weighted by Gasteiger charge is 2.11. The van der Waals surface area contributed by atoms with E-state index in [1.54, 1.807) is 6.07 Å². The van der Waals surface area contributed by atoms with Gasteiger partial charge in [-0.3, -0.25) is 0 Å². The van der Waals surface area contributed by atoms with Crippen molar-refractivity contribution < 1.29 is 0 Å². The first-order valence-corrected chi connectivity index (χ1v) is 7.05. The third kappa shape index (κ3) is 2.25. The van der Waals surface area contributed by atoms with E-state index in [0.717, 1.165) is 29.0 Å². The molecule has 0 aliphatic rings. The minimum atomic E-state index is 0.683. The molecule has 0 unspecified atom stereocenters. The number of fused-ring (bicyclic) bond motifs is 1. The fourth-order valence-electron chi connectivity index (χ4n) is 2.49. The molecule has 0 aliphatic heterocycles. The topological polar surface area (TPSA) is 43.8 Å². The lowest BCUT2D eigenvalue weighted by atomic mass is 10.1. The van der Waals surface area contributed by atoms with Crippen molar-refractivity contribution in [2.75, 3.05) is 5.73 Å². The van der Waals surface area contributed by atoms with Crippen LogP contribution in [0.1, 0.15) is 18.3 Å². The van der Waals surface area contributed by atoms with E-state index in [0.29, 0.717) is 17.1 Å². The number of aryl methyl sites for hydroxylation is 1. The number of hydrogen-bond acceptors (Lipinski definition) is 2. The molecule has 0 saturated carbocycles. The number of aromatic nitrogens is 2. The molecule has 4 heteroatoms. The van der Waals surface area contributed by atoms with Gasteiger partial charge in [0, 0.05) is 23.7 Å². The summed E-state index contributed by atoms with van der Waals surface area (Å²) >= 11 is 6.26. The number of anilines is 1. The fourth-order valence-corrected chi connectivity index (χ4v) is 2.75. The zero-order valence-electron chi connectivity index (χ0n) is 11.3. The Hall–Kier alpha value is -2.00. The van der Waals surface area contributed by atoms with Crippen LogP contribution in [0.25, 0.3) is 11.0 Å². The molecule has 0 saturated heterocycles. The Morgan fingerprint density at radius 1 is 1.20 bits per heavy atom. The van der Waals surface area contributed by atoms with Crippen molar-refractivity contribution in [3.8, 4) is 0 Å². The van der Waals surface area contributed by atoms with Crippen LogP contribution in [-0.4, -0.2) is 9.55 Å². The number of para-hydroxylation sites is 2. The van der Waals surface area contributed by atoms with Gasteiger partial charge < -0.3 is 10.3 Å². The highest BCUT2D eigenvalue weighted by molar-refractivity contribution is 6.31. The second-order valence-electron chi connectivity index (χ2n) is 4.79. The van der Waals surface area contributed by atoms with Crippen LogP contribution in [0.15, 0.2) is 42.5 Å². The molecule has 0 radical (unpaired) electrons. The van der Waals surface area contributed by atoms with Gasteiger partial charge in [-0.15, -0.1) is 0 Å². The molecule has 3 aromatic rings. The van der Waals surface area contributed by atoms with Gasteiger partial charge in [-0.25, -0.2) is 4.98 Å². The Morgan fingerprint density at radius 2 is 2.00 bits per heavy atom. The van der Waals surface area contributed by atoms with Gasteiger partial charge >= 0.3 is 0 Å². The maximum atomic E-state index is 6.26. The van der Waals surface area contributed by atoms with Crippen LogP contribution in [0.2, 0.25) is 5.02 Å². The molecule has 3 nitrogen and oxygen atoms in total. The first kappa shape index (κ1) is 13.0. The Labute approximate surface area is 123 Å². The number of imidazole rings is 1. The Balaban J connectivity index is 2.06. The second kappa shape index (κ2) is 5.17. The maximum absolute atomic E-state index is 6.26. The smallest absolute Gasteiger partial charge is 0.114 e. The average Bonchev–Trinajstić information content (AvgIpc) is 2.79. The van der Waals surface area contributed by atoms with Crippen LogP contribution in [0, 0.1) is 0 Å². The number of benzene rings is 2. The Bertz CT molecular complexity index is 762. The number of hydrogen-bond donors (Lipinski definition) is 1. The molecule has 20 heavy (non-hydrogen) atoms. The van der Waals surface area contributed by atoms with Crippen LogP contribution < -0.4 is 5.73 Å². The molecule has 1 aromatic heterocycles. The number of nitrogens with zero attached hydrogens (tertiary/aromatic N) is 2. The van der Waals surface area contributed by atoms with Crippen LogP contribution in [-0.2, 0) is 13.0 Å². The summed E-state index contributed by atoms with van der Waals surface area (Å²) in [5.74, 6) is 1.03. The van der Waals surface area contributed by atoms with Crippen LogP contribution in [0.3, 0.4) is 0 Å². The molecule has 0 atom stereocenters. The van der Waals surface area contributed by atoms with Crippen molar-refractivity contribution in [3.05, 3.63) is 58.9 Å². The number of rotatable bonds is 3. The van der Waals surface area contributed by atoms with E-state index in [-0.39, 0.29) is 0 Å². The van der Waals surface area contributed by atoms with Crippen molar-refractivity contribution in [2.45, 2.75) is 19.9 Å². The molecule has 0 fully saturated rings. The molecular weight excluding hydrogens is 270 g/mol. The quantitative estimate of drug-likeness (QED) is 0.742. The summed E-state index contributed by atoms with van der Waals surface area (Å²) in [4.78, 5) is 4.72. The Kier molecular flexibility index (Phi) is 3.36. The molecule has 2 N–H and O–H groups in total. The molecule has 0 aliphatic carbocycles. The van der Waals surface area contributed by atoms with Gasteiger partial charge in [0.1, 0.15) is 5.82 Å². The molecule has 3 rings (SSSR count). The minimum absolute atomic E-state index is 0.683. The van der Waals surface area contributed by atoms with E-state index >= 15 is 0 Å². The van der Waals surface area contributed by atoms with Crippen LogP contribution >= 0.6 is 11.6 Å². The van der Waals surface area contributed by atoms with E-state index in [2.05, 4.69) is 17.6 Å². The number of nitrogen functional groups attached to an aromatic ring is 1. The number of halogens is 1. The highest BCUT2D eigenvalue weighted by atomic mass is 35.5. The van der Waals surface area contributed by atoms with Crippen molar-refractivity contribution in [1.29, 1.82) is 0 Å². The van der Waals surface area contributed by atoms with Gasteiger partial charge in [0.05, 0.1) is 11.0 Å². The average molecular weight is 286 g/mol. The van der Waals surface area contributed by atoms with Gasteiger partial charge in [0.15, 0.2) is 0 Å². The van der Waals surface area contributed by atoms with Crippen LogP contribution in [0.5, 0.6) is 0 Å². The van der Waals surface area contributed by atoms with E-state index in [1.807, 2.05) is 30.3 Å². The van der Waals surface area contributed by atoms with E-state index < -0.39 is 0 Å². The van der Waals surface area contributed by atoms with E-state index in [4.69, 9.17) is 22.3 Å². The molecular formula is C16H16ClN3. The monoisotopic (exact) mass is 285 g/mol. The summed E-state index contributed by atoms with van der Waals surface area (Å²) in [6.07, 6.45) is 0.710. The van der Waals surface area contributed by atoms with Gasteiger partial charge in [-0.2, -0.15) is 0 Å². The van der Waals surface area contributed by atoms with Gasteiger partial charge in [-0.05, 0) is 36.8 Å². The lowest BCUT2D eigenvalue weighted by Crippen LogP contribution is -2.03. The zero-order chi connectivity index (χ0) is 14.1. The molecule has 0 amide bonds. The minimum Gasteiger partial charge on any atom is -0.399 e. The van der Waals surface area contributed by atoms with Gasteiger partial charge in [0.25, 0.3) is 0 Å². The molecule has 102 valence electrons. The summed E-state index contributed by atoms with van der Waals surface area (Å²) in [5.41, 5.74) is 9.65. The molecule has 2 aromatic carbocycles. The van der Waals surface area contributed by atoms with E-state index in [1.165, 1.54) is 0 Å². The molecule has 0 bridgehead atoms. The van der Waals surface area contributed by atoms with Crippen molar-refractivity contribution in [3.63, 3.8) is 0 Å². The third-order valence-corrected chi connectivity index (χ3v) is 3.83. The summed E-state index contributed by atoms with van der Waals surface area (Å²) in [6, 6.07) is 13.8. The summed E-state index contributed by atoms with van der Waals surface area (Å²) in [6.45, 7) is 3.02. The van der Waals surface area contributed by atoms with E-state index in [9.17, 15) is 0 Å². The SMILES string of the molecule is CCn1c(Cc2ccc(N)cc2Cl)nc2ccccc21. The highest BCUT2D eigenvalue weighted by Crippen LogP contribution is 2.24. The Morgan fingerprint density at radius 3 is 2.75 bits per heavy atom. The first-order valence-electron chi connectivity index (χ1n) is 6.67. The predicted molar refractivity (Wildman–Crippen MR) is 84.1 cm³/mol. The van der Waals surface area contributed by atoms with Crippen LogP contribution in [0.4, 0.5) is 5.69 Å². The third-order valence-electron chi connectivity index (χ3n) is 3.48. The summed E-state index contributed by atoms with van der Waals surface area (Å²) in [7, 11) is 0. The molecule has 1 heterocycles. The summed E-state index contributed by atoms with van der Waals surface area (Å²) in [5, 5.41) is 0.694. The largest absolute Gasteiger partial charge is 0.399 e. The standard InChI is InChI=1S/C16H16ClN3/c1-2-20-15-6-4-3-5-14(15)19-16(20)9-11-7-8-12(18)10-13(11)17/h3-8,10H,2,9,18H2,1H3. The zero-order valence-corrected chi connectivity index (χ0v) is 12.1. The van der Waals surface area contributed by atoms with Crippen molar-refractivity contribution >= 4 is 28.3 Å². The maximum Gasteiger partial charge on any atom is 0.114 e. The van der Waals surface area contributed by atoms with Crippen molar-refractivity contribution in [2.24, 2.45) is 0 Å². The fraction of sp³-hybridized carbons (Fsp3) is 0.188. The number of nitrogens with two attached hydrogens (primary N) is 1. The normalized spacial score (nSPS) is 11.1. The molecule has 0 spiro atoms. The lowest BCUT2D eigenvalue weighted by Gasteiger charge is -2.08. The lowest BCUT2D eigenvalue weighted by molar-refractivity contribution is 0.734. The van der Waals surface area contributed by atoms with Crippen molar-refractivity contribution in [1.82, 2.24) is 9.55 Å². The van der Waals surface area contributed by atoms with Gasteiger partial charge in [-0.1, -0.05) is 29.8 Å². The second-order valence-corrected chi connectivity index (χ2v) is 5.20. The first-order chi connectivity index (χ1) is 9.69. The predicted octanol–water partition coefficient (Wildman–Crippen LogP) is 3.88. The van der Waals surface area contributed by atoms with Gasteiger partial charge in [0.2, 0.25) is 0 Å².